The molecule has 0 fully saturated rings. The largest absolute Gasteiger partial charge is 0.310 e. The Bertz CT molecular complexity index is 3960. The molecule has 15 rings (SSSR count). The lowest BCUT2D eigenvalue weighted by Gasteiger charge is -2.43. The minimum absolute atomic E-state index is 0.00128. The smallest absolute Gasteiger partial charge is 0.253 e. The molecule has 1 spiro atoms. The van der Waals surface area contributed by atoms with Gasteiger partial charge >= 0.3 is 0 Å². The first-order valence-electron chi connectivity index (χ1n) is 23.8. The number of benzene rings is 9. The third-order valence-corrected chi connectivity index (χ3v) is 21.0. The van der Waals surface area contributed by atoms with Gasteiger partial charge < -0.3 is 9.13 Å². The normalized spacial score (nSPS) is 14.6. The van der Waals surface area contributed by atoms with Gasteiger partial charge in [-0.3, -0.25) is 0 Å². The lowest BCUT2D eigenvalue weighted by Crippen LogP contribution is -2.77. The molecule has 0 bridgehead atoms. The molecule has 2 nitrogen and oxygen atoms in total. The van der Waals surface area contributed by atoms with Crippen molar-refractivity contribution in [3.63, 3.8) is 0 Å². The fraction of sp³-hybridized carbons (Fsp3) is 0.129. The van der Waals surface area contributed by atoms with Crippen LogP contribution in [0.3, 0.4) is 0 Å². The number of hydrogen-bond donors (Lipinski definition) is 0. The van der Waals surface area contributed by atoms with Crippen LogP contribution in [0.5, 0.6) is 0 Å². The van der Waals surface area contributed by atoms with E-state index in [1.54, 1.807) is 0 Å². The number of rotatable bonds is 2. The van der Waals surface area contributed by atoms with Gasteiger partial charge in [-0.1, -0.05) is 193 Å². The number of aromatic nitrogens is 2. The standard InChI is InChI=1S/C62H47BN2Si/c1-61(2,3)39-32-44-45-33-40(62(4,5)6)35-52-58(45)65-57(44)47(34-39)63-54-41-24-14-13-23-38(41)31-46-53(36-19-9-7-10-20-36)56(37-21-11-8-12-22-37)64(59(46)54)48-29-30-51(60(65)55(48)63)66(52)49-27-17-15-25-42(49)43-26-16-18-28-50(43)66/h7-35H,1-6H3. The van der Waals surface area contributed by atoms with Gasteiger partial charge in [-0.25, -0.2) is 0 Å². The molecular weight excluding hydrogens is 812 g/mol. The van der Waals surface area contributed by atoms with E-state index < -0.39 is 8.07 Å². The molecule has 0 atom stereocenters. The molecule has 0 aliphatic carbocycles. The molecule has 11 aromatic rings. The Labute approximate surface area is 386 Å². The van der Waals surface area contributed by atoms with Crippen molar-refractivity contribution in [2.45, 2.75) is 52.4 Å². The van der Waals surface area contributed by atoms with E-state index in [9.17, 15) is 0 Å². The lowest BCUT2D eigenvalue weighted by atomic mass is 9.33. The van der Waals surface area contributed by atoms with Gasteiger partial charge in [0.25, 0.3) is 6.71 Å². The molecular formula is C62H47BN2Si. The first kappa shape index (κ1) is 37.1. The minimum atomic E-state index is -2.96. The summed E-state index contributed by atoms with van der Waals surface area (Å²) in [5.41, 5.74) is 21.7. The zero-order chi connectivity index (χ0) is 44.2. The zero-order valence-corrected chi connectivity index (χ0v) is 39.2. The minimum Gasteiger partial charge on any atom is -0.310 e. The highest BCUT2D eigenvalue weighted by Gasteiger charge is 2.56. The van der Waals surface area contributed by atoms with Gasteiger partial charge in [0.05, 0.1) is 16.7 Å². The van der Waals surface area contributed by atoms with Crippen LogP contribution in [0.15, 0.2) is 176 Å². The summed E-state index contributed by atoms with van der Waals surface area (Å²) in [6.07, 6.45) is 0. The maximum absolute atomic E-state index is 2.96. The predicted molar refractivity (Wildman–Crippen MR) is 284 cm³/mol. The molecule has 0 radical (unpaired) electrons. The third kappa shape index (κ3) is 4.31. The van der Waals surface area contributed by atoms with Gasteiger partial charge in [0.2, 0.25) is 0 Å². The van der Waals surface area contributed by atoms with Crippen LogP contribution in [0.4, 0.5) is 0 Å². The van der Waals surface area contributed by atoms with Gasteiger partial charge in [0.1, 0.15) is 0 Å². The number of hydrogen-bond acceptors (Lipinski definition) is 0. The fourth-order valence-electron chi connectivity index (χ4n) is 13.4. The maximum Gasteiger partial charge on any atom is 0.253 e. The first-order chi connectivity index (χ1) is 32.0. The molecule has 66 heavy (non-hydrogen) atoms. The second kappa shape index (κ2) is 12.2. The Morgan fingerprint density at radius 2 is 1.02 bits per heavy atom. The molecule has 0 N–H and O–H groups in total. The average molecular weight is 859 g/mol. The summed E-state index contributed by atoms with van der Waals surface area (Å²) in [7, 11) is -2.96. The molecule has 0 unspecified atom stereocenters. The first-order valence-corrected chi connectivity index (χ1v) is 25.8. The summed E-state index contributed by atoms with van der Waals surface area (Å²) in [6.45, 7) is 14.4. The van der Waals surface area contributed by atoms with Crippen molar-refractivity contribution >= 4 is 95.4 Å². The van der Waals surface area contributed by atoms with E-state index >= 15 is 0 Å². The monoisotopic (exact) mass is 858 g/mol. The second-order valence-corrected chi connectivity index (χ2v) is 25.2. The van der Waals surface area contributed by atoms with Crippen LogP contribution in [0.2, 0.25) is 0 Å². The van der Waals surface area contributed by atoms with E-state index in [4.69, 9.17) is 0 Å². The SMILES string of the molecule is CC(C)(C)c1cc2c3c(c1)c1cc(C(C)(C)C)cc4c1n3-c1c(ccc3c1B2c1c2ccccc2cc2c(-c5ccccc5)c(-c5ccccc5)n-3c12)[Si]41c2ccccc2-c2ccccc21. The third-order valence-electron chi connectivity index (χ3n) is 16.2. The molecule has 0 saturated carbocycles. The Morgan fingerprint density at radius 1 is 0.424 bits per heavy atom. The summed E-state index contributed by atoms with van der Waals surface area (Å²) in [4.78, 5) is 0. The van der Waals surface area contributed by atoms with E-state index in [0.717, 1.165) is 0 Å². The van der Waals surface area contributed by atoms with Crippen LogP contribution in [0.1, 0.15) is 52.7 Å². The van der Waals surface area contributed by atoms with E-state index in [2.05, 4.69) is 227 Å². The summed E-state index contributed by atoms with van der Waals surface area (Å²) in [5.74, 6) is 0. The van der Waals surface area contributed by atoms with Crippen molar-refractivity contribution in [1.82, 2.24) is 9.13 Å². The van der Waals surface area contributed by atoms with Crippen LogP contribution < -0.4 is 37.1 Å². The highest BCUT2D eigenvalue weighted by atomic mass is 28.3. The summed E-state index contributed by atoms with van der Waals surface area (Å²) in [5, 5.41) is 12.8. The average Bonchev–Trinajstić information content (AvgIpc) is 3.96. The van der Waals surface area contributed by atoms with E-state index in [1.165, 1.54) is 137 Å². The van der Waals surface area contributed by atoms with Crippen molar-refractivity contribution in [2.24, 2.45) is 0 Å². The maximum atomic E-state index is 2.80. The molecule has 312 valence electrons. The molecule has 4 heteroatoms. The lowest BCUT2D eigenvalue weighted by molar-refractivity contribution is 0.591. The molecule has 4 aliphatic heterocycles. The van der Waals surface area contributed by atoms with E-state index in [0.29, 0.717) is 0 Å². The van der Waals surface area contributed by atoms with E-state index in [-0.39, 0.29) is 17.5 Å². The highest BCUT2D eigenvalue weighted by Crippen LogP contribution is 2.48. The van der Waals surface area contributed by atoms with Crippen LogP contribution in [0, 0.1) is 0 Å². The summed E-state index contributed by atoms with van der Waals surface area (Å²) < 4.78 is 5.51. The van der Waals surface area contributed by atoms with Crippen molar-refractivity contribution in [3.8, 4) is 44.9 Å². The van der Waals surface area contributed by atoms with Gasteiger partial charge in [-0.2, -0.15) is 0 Å². The molecule has 2 aromatic heterocycles. The summed E-state index contributed by atoms with van der Waals surface area (Å²) >= 11 is 0. The molecule has 0 saturated heterocycles. The Kier molecular flexibility index (Phi) is 6.86. The van der Waals surface area contributed by atoms with Gasteiger partial charge in [0, 0.05) is 38.6 Å². The summed E-state index contributed by atoms with van der Waals surface area (Å²) in [6, 6.07) is 68.7. The van der Waals surface area contributed by atoms with Crippen LogP contribution >= 0.6 is 0 Å². The Balaban J connectivity index is 1.24. The van der Waals surface area contributed by atoms with Crippen molar-refractivity contribution in [2.75, 3.05) is 0 Å². The van der Waals surface area contributed by atoms with Crippen molar-refractivity contribution in [3.05, 3.63) is 187 Å². The topological polar surface area (TPSA) is 9.86 Å². The molecule has 9 aromatic carbocycles. The van der Waals surface area contributed by atoms with Gasteiger partial charge in [-0.15, -0.1) is 0 Å². The van der Waals surface area contributed by atoms with Crippen LogP contribution in [-0.2, 0) is 10.8 Å². The zero-order valence-electron chi connectivity index (χ0n) is 38.2. The quantitative estimate of drug-likeness (QED) is 0.153. The highest BCUT2D eigenvalue weighted by molar-refractivity contribution is 7.24. The second-order valence-electron chi connectivity index (χ2n) is 21.6. The van der Waals surface area contributed by atoms with Crippen LogP contribution in [-0.4, -0.2) is 23.9 Å². The van der Waals surface area contributed by atoms with Crippen LogP contribution in [0.25, 0.3) is 88.4 Å². The molecule has 4 aliphatic rings. The predicted octanol–water partition coefficient (Wildman–Crippen LogP) is 10.6. The fourth-order valence-corrected chi connectivity index (χ4v) is 19.0. The number of nitrogens with zero attached hydrogens (tertiary/aromatic N) is 2. The van der Waals surface area contributed by atoms with Gasteiger partial charge in [0.15, 0.2) is 8.07 Å². The molecule has 0 amide bonds. The van der Waals surface area contributed by atoms with E-state index in [1.807, 2.05) is 0 Å². The molecule has 6 heterocycles. The Hall–Kier alpha value is -7.14. The van der Waals surface area contributed by atoms with Crippen molar-refractivity contribution in [1.29, 1.82) is 0 Å². The van der Waals surface area contributed by atoms with Gasteiger partial charge in [-0.05, 0) is 116 Å². The van der Waals surface area contributed by atoms with Crippen molar-refractivity contribution < 1.29 is 0 Å². The Morgan fingerprint density at radius 3 is 1.70 bits per heavy atom. The number of fused-ring (bicyclic) bond motifs is 13.